The number of nitrogens with zero attached hydrogens (tertiary/aromatic N) is 6. The molecule has 7 nitrogen and oxygen atoms in total. The highest BCUT2D eigenvalue weighted by Crippen LogP contribution is 2.28. The third-order valence-corrected chi connectivity index (χ3v) is 7.15. The molecule has 0 aromatic carbocycles. The van der Waals surface area contributed by atoms with Crippen LogP contribution < -0.4 is 4.90 Å². The second-order valence-electron chi connectivity index (χ2n) is 8.34. The Labute approximate surface area is 180 Å². The highest BCUT2D eigenvalue weighted by Gasteiger charge is 2.36. The summed E-state index contributed by atoms with van der Waals surface area (Å²) < 4.78 is 2.20. The smallest absolute Gasteiger partial charge is 0.245 e. The monoisotopic (exact) mass is 424 g/mol. The van der Waals surface area contributed by atoms with Crippen molar-refractivity contribution in [3.63, 3.8) is 0 Å². The van der Waals surface area contributed by atoms with E-state index in [1.165, 1.54) is 11.3 Å². The predicted molar refractivity (Wildman–Crippen MR) is 119 cm³/mol. The van der Waals surface area contributed by atoms with Gasteiger partial charge in [-0.25, -0.2) is 9.97 Å². The van der Waals surface area contributed by atoms with E-state index in [1.807, 2.05) is 11.6 Å². The molecular formula is C22H28N6OS. The topological polar surface area (TPSA) is 57.0 Å². The van der Waals surface area contributed by atoms with Gasteiger partial charge in [0, 0.05) is 57.0 Å². The van der Waals surface area contributed by atoms with Crippen molar-refractivity contribution in [2.24, 2.45) is 0 Å². The Hall–Kier alpha value is -2.45. The Kier molecular flexibility index (Phi) is 5.20. The third kappa shape index (κ3) is 3.58. The first-order valence-electron chi connectivity index (χ1n) is 10.7. The lowest BCUT2D eigenvalue weighted by Crippen LogP contribution is -2.53. The van der Waals surface area contributed by atoms with Gasteiger partial charge in [0.2, 0.25) is 5.91 Å². The number of imidazole rings is 1. The second kappa shape index (κ2) is 8.00. The summed E-state index contributed by atoms with van der Waals surface area (Å²) in [5.41, 5.74) is 4.57. The minimum atomic E-state index is -0.0491. The van der Waals surface area contributed by atoms with Crippen molar-refractivity contribution < 1.29 is 4.79 Å². The summed E-state index contributed by atoms with van der Waals surface area (Å²) in [6.45, 7) is 9.35. The number of thiazole rings is 1. The molecule has 3 aromatic rings. The van der Waals surface area contributed by atoms with E-state index in [0.717, 1.165) is 68.6 Å². The average molecular weight is 425 g/mol. The number of amides is 1. The van der Waals surface area contributed by atoms with Gasteiger partial charge in [0.05, 0.1) is 11.4 Å². The molecule has 0 radical (unpaired) electrons. The molecule has 158 valence electrons. The molecule has 2 aliphatic rings. The van der Waals surface area contributed by atoms with Crippen LogP contribution in [0.2, 0.25) is 0 Å². The van der Waals surface area contributed by atoms with Crippen LogP contribution in [0.25, 0.3) is 5.65 Å². The van der Waals surface area contributed by atoms with Gasteiger partial charge in [0.25, 0.3) is 0 Å². The van der Waals surface area contributed by atoms with Crippen molar-refractivity contribution in [1.82, 2.24) is 24.2 Å². The van der Waals surface area contributed by atoms with Crippen LogP contribution >= 0.6 is 11.3 Å². The first kappa shape index (κ1) is 19.5. The van der Waals surface area contributed by atoms with E-state index in [1.54, 1.807) is 11.3 Å². The molecule has 0 bridgehead atoms. The molecule has 0 aliphatic carbocycles. The maximum absolute atomic E-state index is 13.2. The summed E-state index contributed by atoms with van der Waals surface area (Å²) in [4.78, 5) is 29.1. The van der Waals surface area contributed by atoms with Crippen LogP contribution in [0, 0.1) is 13.8 Å². The molecule has 8 heteroatoms. The Morgan fingerprint density at radius 3 is 2.80 bits per heavy atom. The minimum Gasteiger partial charge on any atom is -0.338 e. The normalized spacial score (nSPS) is 20.4. The number of piperazine rings is 1. The van der Waals surface area contributed by atoms with Gasteiger partial charge in [-0.1, -0.05) is 0 Å². The minimum absolute atomic E-state index is 0.0491. The molecule has 1 amide bonds. The summed E-state index contributed by atoms with van der Waals surface area (Å²) in [6, 6.07) is 4.21. The molecule has 1 unspecified atom stereocenters. The zero-order valence-corrected chi connectivity index (χ0v) is 18.4. The number of hydrogen-bond acceptors (Lipinski definition) is 6. The van der Waals surface area contributed by atoms with Gasteiger partial charge in [0.1, 0.15) is 11.7 Å². The van der Waals surface area contributed by atoms with Gasteiger partial charge in [-0.05, 0) is 44.4 Å². The summed E-state index contributed by atoms with van der Waals surface area (Å²) >= 11 is 1.62. The Bertz CT molecular complexity index is 1040. The fraction of sp³-hybridized carbons (Fsp3) is 0.500. The number of anilines is 1. The van der Waals surface area contributed by atoms with E-state index in [4.69, 9.17) is 4.98 Å². The zero-order valence-electron chi connectivity index (χ0n) is 17.6. The number of aryl methyl sites for hydroxylation is 2. The predicted octanol–water partition coefficient (Wildman–Crippen LogP) is 2.72. The van der Waals surface area contributed by atoms with Gasteiger partial charge in [-0.15, -0.1) is 11.3 Å². The van der Waals surface area contributed by atoms with Crippen molar-refractivity contribution in [3.8, 4) is 0 Å². The zero-order chi connectivity index (χ0) is 20.7. The molecule has 2 aliphatic heterocycles. The highest BCUT2D eigenvalue weighted by molar-refractivity contribution is 7.13. The van der Waals surface area contributed by atoms with Crippen molar-refractivity contribution in [2.75, 3.05) is 37.6 Å². The fourth-order valence-electron chi connectivity index (χ4n) is 4.66. The summed E-state index contributed by atoms with van der Waals surface area (Å²) in [6.07, 6.45) is 5.93. The fourth-order valence-corrected chi connectivity index (χ4v) is 5.38. The van der Waals surface area contributed by atoms with Crippen molar-refractivity contribution in [1.29, 1.82) is 0 Å². The Balaban J connectivity index is 1.23. The van der Waals surface area contributed by atoms with Gasteiger partial charge in [0.15, 0.2) is 5.13 Å². The van der Waals surface area contributed by atoms with E-state index < -0.39 is 0 Å². The molecule has 2 saturated heterocycles. The summed E-state index contributed by atoms with van der Waals surface area (Å²) in [5, 5.41) is 2.96. The lowest BCUT2D eigenvalue weighted by Gasteiger charge is -2.37. The maximum atomic E-state index is 13.2. The van der Waals surface area contributed by atoms with Crippen LogP contribution in [-0.4, -0.2) is 68.8 Å². The molecule has 5 heterocycles. The van der Waals surface area contributed by atoms with E-state index in [9.17, 15) is 4.79 Å². The molecule has 30 heavy (non-hydrogen) atoms. The average Bonchev–Trinajstić information content (AvgIpc) is 3.48. The van der Waals surface area contributed by atoms with Crippen molar-refractivity contribution >= 4 is 28.0 Å². The molecule has 5 rings (SSSR count). The number of pyridine rings is 1. The largest absolute Gasteiger partial charge is 0.338 e. The van der Waals surface area contributed by atoms with Crippen LogP contribution in [0.3, 0.4) is 0 Å². The number of fused-ring (bicyclic) bond motifs is 1. The van der Waals surface area contributed by atoms with E-state index in [-0.39, 0.29) is 11.9 Å². The second-order valence-corrected chi connectivity index (χ2v) is 9.22. The maximum Gasteiger partial charge on any atom is 0.245 e. The standard InChI is InChI=1S/C22H28N6OS/c1-16-5-8-27-19(17(2)24-20(27)14-16)15-25-9-11-26(12-10-25)21(29)18-4-3-7-28(18)22-23-6-13-30-22/h5-6,8,13-14,18H,3-4,7,9-12,15H2,1-2H3. The Morgan fingerprint density at radius 2 is 2.03 bits per heavy atom. The first-order valence-corrected chi connectivity index (χ1v) is 11.6. The third-order valence-electron chi connectivity index (χ3n) is 6.34. The molecule has 0 N–H and O–H groups in total. The quantitative estimate of drug-likeness (QED) is 0.645. The van der Waals surface area contributed by atoms with Crippen molar-refractivity contribution in [3.05, 3.63) is 46.9 Å². The molecule has 1 atom stereocenters. The summed E-state index contributed by atoms with van der Waals surface area (Å²) in [5.74, 6) is 0.267. The molecule has 2 fully saturated rings. The summed E-state index contributed by atoms with van der Waals surface area (Å²) in [7, 11) is 0. The van der Waals surface area contributed by atoms with Crippen LogP contribution in [0.1, 0.15) is 29.8 Å². The van der Waals surface area contributed by atoms with Crippen LogP contribution in [-0.2, 0) is 11.3 Å². The lowest BCUT2D eigenvalue weighted by molar-refractivity contribution is -0.134. The van der Waals surface area contributed by atoms with E-state index in [0.29, 0.717) is 0 Å². The Morgan fingerprint density at radius 1 is 1.20 bits per heavy atom. The van der Waals surface area contributed by atoms with Gasteiger partial charge in [-0.2, -0.15) is 0 Å². The van der Waals surface area contributed by atoms with Gasteiger partial charge < -0.3 is 14.2 Å². The molecule has 0 spiro atoms. The number of rotatable bonds is 4. The SMILES string of the molecule is Cc1ccn2c(CN3CCN(C(=O)C4CCCN4c4nccs4)CC3)c(C)nc2c1. The van der Waals surface area contributed by atoms with E-state index >= 15 is 0 Å². The molecular weight excluding hydrogens is 396 g/mol. The number of carbonyl (C=O) groups excluding carboxylic acids is 1. The van der Waals surface area contributed by atoms with Gasteiger partial charge in [-0.3, -0.25) is 9.69 Å². The lowest BCUT2D eigenvalue weighted by atomic mass is 10.1. The number of hydrogen-bond donors (Lipinski definition) is 0. The van der Waals surface area contributed by atoms with Gasteiger partial charge >= 0.3 is 0 Å². The van der Waals surface area contributed by atoms with E-state index in [2.05, 4.69) is 56.3 Å². The van der Waals surface area contributed by atoms with Crippen LogP contribution in [0.5, 0.6) is 0 Å². The molecule has 3 aromatic heterocycles. The number of aromatic nitrogens is 3. The first-order chi connectivity index (χ1) is 14.6. The number of carbonyl (C=O) groups is 1. The van der Waals surface area contributed by atoms with Crippen molar-refractivity contribution in [2.45, 2.75) is 39.3 Å². The van der Waals surface area contributed by atoms with Crippen LogP contribution in [0.4, 0.5) is 5.13 Å². The highest BCUT2D eigenvalue weighted by atomic mass is 32.1. The molecule has 0 saturated carbocycles. The van der Waals surface area contributed by atoms with Crippen LogP contribution in [0.15, 0.2) is 29.9 Å².